The lowest BCUT2D eigenvalue weighted by atomic mass is 10.0. The smallest absolute Gasteiger partial charge is 0.418 e. The fraction of sp³-hybridized carbons (Fsp3) is 0.360. The normalized spacial score (nSPS) is 16.6. The number of anilines is 1. The Morgan fingerprint density at radius 1 is 1.05 bits per heavy atom. The maximum absolute atomic E-state index is 13.8. The Kier molecular flexibility index (Phi) is 7.86. The standard InChI is InChI=1S/C25H21ClF6N4O5/c1-3-41-21(38)15-11-34(14-7-8-17-18(9-14)36(12-24(27,28)29)22(39)33(17)2)23(40)35(20(15)37)10-13-5-4-6-16(26)19(13)25(30,31)32/h4-9,15H,3,10-12H2,1-2H3. The molecule has 9 nitrogen and oxygen atoms in total. The van der Waals surface area contributed by atoms with E-state index in [0.717, 1.165) is 27.7 Å². The first kappa shape index (κ1) is 30.0. The predicted octanol–water partition coefficient (Wildman–Crippen LogP) is 4.72. The highest BCUT2D eigenvalue weighted by Crippen LogP contribution is 2.38. The number of rotatable bonds is 6. The molecule has 1 fully saturated rings. The molecule has 0 N–H and O–H groups in total. The van der Waals surface area contributed by atoms with Gasteiger partial charge in [0.15, 0.2) is 5.92 Å². The summed E-state index contributed by atoms with van der Waals surface area (Å²) in [6.07, 6.45) is -9.71. The highest BCUT2D eigenvalue weighted by molar-refractivity contribution is 6.31. The number of aryl methyl sites for hydroxylation is 1. The van der Waals surface area contributed by atoms with E-state index in [9.17, 15) is 45.5 Å². The summed E-state index contributed by atoms with van der Waals surface area (Å²) in [5, 5.41) is -0.678. The molecule has 0 radical (unpaired) electrons. The Hall–Kier alpha value is -4.01. The van der Waals surface area contributed by atoms with Crippen LogP contribution < -0.4 is 10.6 Å². The van der Waals surface area contributed by atoms with Crippen LogP contribution in [-0.2, 0) is 40.6 Å². The molecule has 2 aromatic carbocycles. The van der Waals surface area contributed by atoms with Crippen molar-refractivity contribution < 1.29 is 45.5 Å². The fourth-order valence-electron chi connectivity index (χ4n) is 4.63. The molecule has 4 rings (SSSR count). The maximum atomic E-state index is 13.8. The summed E-state index contributed by atoms with van der Waals surface area (Å²) in [4.78, 5) is 53.2. The topological polar surface area (TPSA) is 93.8 Å². The van der Waals surface area contributed by atoms with Crippen LogP contribution >= 0.6 is 11.6 Å². The fourth-order valence-corrected chi connectivity index (χ4v) is 4.93. The molecule has 0 aliphatic carbocycles. The molecule has 2 heterocycles. The zero-order chi connectivity index (χ0) is 30.4. The first-order valence-corrected chi connectivity index (χ1v) is 12.3. The van der Waals surface area contributed by atoms with Crippen LogP contribution in [-0.4, -0.2) is 51.3 Å². The van der Waals surface area contributed by atoms with Gasteiger partial charge in [-0.1, -0.05) is 23.7 Å². The molecule has 41 heavy (non-hydrogen) atoms. The Morgan fingerprint density at radius 2 is 1.73 bits per heavy atom. The Labute approximate surface area is 232 Å². The summed E-state index contributed by atoms with van der Waals surface area (Å²) in [7, 11) is 1.25. The van der Waals surface area contributed by atoms with E-state index < -0.39 is 77.7 Å². The van der Waals surface area contributed by atoms with Crippen LogP contribution in [0.5, 0.6) is 0 Å². The Morgan fingerprint density at radius 3 is 2.34 bits per heavy atom. The third-order valence-electron chi connectivity index (χ3n) is 6.45. The second-order valence-electron chi connectivity index (χ2n) is 9.11. The van der Waals surface area contributed by atoms with Gasteiger partial charge >= 0.3 is 30.0 Å². The van der Waals surface area contributed by atoms with Crippen molar-refractivity contribution in [3.05, 3.63) is 63.0 Å². The second kappa shape index (κ2) is 10.8. The van der Waals surface area contributed by atoms with Gasteiger partial charge in [0.25, 0.3) is 0 Å². The molecule has 1 aliphatic heterocycles. The number of aromatic nitrogens is 2. The number of nitrogens with zero attached hydrogens (tertiary/aromatic N) is 4. The Balaban J connectivity index is 1.83. The summed E-state index contributed by atoms with van der Waals surface area (Å²) in [6.45, 7) is -1.87. The number of alkyl halides is 6. The number of benzene rings is 2. The minimum atomic E-state index is -4.95. The molecule has 0 saturated carbocycles. The van der Waals surface area contributed by atoms with Crippen LogP contribution in [0.25, 0.3) is 11.0 Å². The third kappa shape index (κ3) is 5.76. The van der Waals surface area contributed by atoms with Gasteiger partial charge in [0, 0.05) is 12.7 Å². The van der Waals surface area contributed by atoms with E-state index in [1.165, 1.54) is 32.2 Å². The zero-order valence-electron chi connectivity index (χ0n) is 21.3. The number of imide groups is 1. The monoisotopic (exact) mass is 606 g/mol. The van der Waals surface area contributed by atoms with E-state index in [1.807, 2.05) is 0 Å². The molecule has 0 bridgehead atoms. The highest BCUT2D eigenvalue weighted by atomic mass is 35.5. The van der Waals surface area contributed by atoms with Crippen LogP contribution in [0.2, 0.25) is 5.02 Å². The number of esters is 1. The van der Waals surface area contributed by atoms with Gasteiger partial charge in [0.2, 0.25) is 5.91 Å². The van der Waals surface area contributed by atoms with Crippen molar-refractivity contribution in [2.24, 2.45) is 13.0 Å². The van der Waals surface area contributed by atoms with Gasteiger partial charge < -0.3 is 4.74 Å². The number of fused-ring (bicyclic) bond motifs is 1. The lowest BCUT2D eigenvalue weighted by Crippen LogP contribution is -2.58. The van der Waals surface area contributed by atoms with E-state index in [4.69, 9.17) is 16.3 Å². The van der Waals surface area contributed by atoms with Gasteiger partial charge in [-0.25, -0.2) is 9.59 Å². The molecule has 1 saturated heterocycles. The first-order valence-electron chi connectivity index (χ1n) is 11.9. The predicted molar refractivity (Wildman–Crippen MR) is 133 cm³/mol. The minimum absolute atomic E-state index is 0.0936. The van der Waals surface area contributed by atoms with Crippen molar-refractivity contribution in [2.75, 3.05) is 18.1 Å². The van der Waals surface area contributed by atoms with Gasteiger partial charge in [-0.2, -0.15) is 26.3 Å². The Bertz CT molecular complexity index is 1600. The molecule has 1 unspecified atom stereocenters. The summed E-state index contributed by atoms with van der Waals surface area (Å²) in [5.41, 5.74) is -3.02. The second-order valence-corrected chi connectivity index (χ2v) is 9.52. The van der Waals surface area contributed by atoms with Crippen molar-refractivity contribution in [3.63, 3.8) is 0 Å². The molecular weight excluding hydrogens is 586 g/mol. The largest absolute Gasteiger partial charge is 0.465 e. The number of hydrogen-bond donors (Lipinski definition) is 0. The lowest BCUT2D eigenvalue weighted by molar-refractivity contribution is -0.155. The van der Waals surface area contributed by atoms with E-state index in [1.54, 1.807) is 0 Å². The molecule has 3 amide bonds. The van der Waals surface area contributed by atoms with Crippen LogP contribution in [0.3, 0.4) is 0 Å². The molecule has 1 aromatic heterocycles. The van der Waals surface area contributed by atoms with Crippen LogP contribution in [0.1, 0.15) is 18.1 Å². The van der Waals surface area contributed by atoms with Crippen molar-refractivity contribution in [2.45, 2.75) is 32.4 Å². The third-order valence-corrected chi connectivity index (χ3v) is 6.77. The average Bonchev–Trinajstić information content (AvgIpc) is 3.09. The van der Waals surface area contributed by atoms with Crippen molar-refractivity contribution in [1.29, 1.82) is 0 Å². The van der Waals surface area contributed by atoms with Crippen molar-refractivity contribution >= 4 is 46.2 Å². The summed E-state index contributed by atoms with van der Waals surface area (Å²) >= 11 is 5.78. The van der Waals surface area contributed by atoms with Gasteiger partial charge in [-0.15, -0.1) is 0 Å². The zero-order valence-corrected chi connectivity index (χ0v) is 22.1. The number of hydrogen-bond acceptors (Lipinski definition) is 5. The average molecular weight is 607 g/mol. The van der Waals surface area contributed by atoms with Gasteiger partial charge in [0.05, 0.1) is 41.3 Å². The number of carbonyl (C=O) groups is 3. The van der Waals surface area contributed by atoms with E-state index in [2.05, 4.69) is 0 Å². The number of halogens is 7. The van der Waals surface area contributed by atoms with Crippen molar-refractivity contribution in [3.8, 4) is 0 Å². The number of carbonyl (C=O) groups excluding carboxylic acids is 3. The summed E-state index contributed by atoms with van der Waals surface area (Å²) in [6, 6.07) is 5.67. The van der Waals surface area contributed by atoms with E-state index >= 15 is 0 Å². The maximum Gasteiger partial charge on any atom is 0.418 e. The molecule has 16 heteroatoms. The van der Waals surface area contributed by atoms with Crippen LogP contribution in [0, 0.1) is 5.92 Å². The van der Waals surface area contributed by atoms with Crippen LogP contribution in [0.15, 0.2) is 41.2 Å². The molecule has 220 valence electrons. The number of amides is 3. The molecule has 1 atom stereocenters. The van der Waals surface area contributed by atoms with Gasteiger partial charge in [-0.3, -0.25) is 28.5 Å². The molecular formula is C25H21ClF6N4O5. The lowest BCUT2D eigenvalue weighted by Gasteiger charge is -2.38. The van der Waals surface area contributed by atoms with Crippen molar-refractivity contribution in [1.82, 2.24) is 14.0 Å². The molecule has 0 spiro atoms. The van der Waals surface area contributed by atoms with Crippen LogP contribution in [0.4, 0.5) is 36.8 Å². The minimum Gasteiger partial charge on any atom is -0.465 e. The van der Waals surface area contributed by atoms with E-state index in [-0.39, 0.29) is 23.3 Å². The summed E-state index contributed by atoms with van der Waals surface area (Å²) < 4.78 is 87.3. The number of ether oxygens (including phenoxy) is 1. The molecule has 3 aromatic rings. The number of imidazole rings is 1. The van der Waals surface area contributed by atoms with E-state index in [0.29, 0.717) is 9.47 Å². The molecule has 1 aliphatic rings. The van der Waals surface area contributed by atoms with Gasteiger partial charge in [0.1, 0.15) is 6.54 Å². The summed E-state index contributed by atoms with van der Waals surface area (Å²) in [5.74, 6) is -3.85. The number of urea groups is 1. The highest BCUT2D eigenvalue weighted by Gasteiger charge is 2.46. The van der Waals surface area contributed by atoms with Gasteiger partial charge in [-0.05, 0) is 36.8 Å². The first-order chi connectivity index (χ1) is 19.0. The quantitative estimate of drug-likeness (QED) is 0.230. The SMILES string of the molecule is CCOC(=O)C1CN(c2ccc3c(c2)n(CC(F)(F)F)c(=O)n3C)C(=O)N(Cc2cccc(Cl)c2C(F)(F)F)C1=O.